The molecule has 0 bridgehead atoms. The standard InChI is InChI=1S/C24H25NO3/c1-2-3-4-5-18-6-8-19(9-7-18)24(28)25(20-10-14-22(26)15-11-20)21-12-16-23(27)17-13-21/h6-17,26-27H,2-5H2,1H3. The fourth-order valence-corrected chi connectivity index (χ4v) is 3.11. The van der Waals surface area contributed by atoms with Gasteiger partial charge in [-0.25, -0.2) is 0 Å². The summed E-state index contributed by atoms with van der Waals surface area (Å²) in [6, 6.07) is 20.7. The number of phenols is 2. The van der Waals surface area contributed by atoms with Gasteiger partial charge in [0.1, 0.15) is 11.5 Å². The molecule has 0 fully saturated rings. The number of carbonyl (C=O) groups excluding carboxylic acids is 1. The molecule has 3 aromatic carbocycles. The maximum atomic E-state index is 13.3. The number of aromatic hydroxyl groups is 2. The van der Waals surface area contributed by atoms with Gasteiger partial charge in [-0.3, -0.25) is 9.69 Å². The van der Waals surface area contributed by atoms with Gasteiger partial charge in [-0.2, -0.15) is 0 Å². The number of phenolic OH excluding ortho intramolecular Hbond substituents is 2. The minimum absolute atomic E-state index is 0.137. The summed E-state index contributed by atoms with van der Waals surface area (Å²) in [5.74, 6) is 0.105. The van der Waals surface area contributed by atoms with Crippen LogP contribution >= 0.6 is 0 Å². The summed E-state index contributed by atoms with van der Waals surface area (Å²) in [4.78, 5) is 14.9. The number of carbonyl (C=O) groups is 1. The van der Waals surface area contributed by atoms with E-state index < -0.39 is 0 Å². The van der Waals surface area contributed by atoms with E-state index in [9.17, 15) is 15.0 Å². The van der Waals surface area contributed by atoms with Gasteiger partial charge in [-0.05, 0) is 79.1 Å². The molecule has 0 aromatic heterocycles. The first-order valence-corrected chi connectivity index (χ1v) is 9.60. The van der Waals surface area contributed by atoms with E-state index in [4.69, 9.17) is 0 Å². The van der Waals surface area contributed by atoms with Crippen LogP contribution in [0.5, 0.6) is 11.5 Å². The van der Waals surface area contributed by atoms with E-state index in [0.717, 1.165) is 12.8 Å². The summed E-state index contributed by atoms with van der Waals surface area (Å²) in [5, 5.41) is 19.2. The van der Waals surface area contributed by atoms with Crippen LogP contribution in [0, 0.1) is 0 Å². The molecular weight excluding hydrogens is 350 g/mol. The Balaban J connectivity index is 1.90. The molecule has 0 atom stereocenters. The van der Waals surface area contributed by atoms with Crippen molar-refractivity contribution >= 4 is 17.3 Å². The van der Waals surface area contributed by atoms with Crippen LogP contribution in [0.3, 0.4) is 0 Å². The fraction of sp³-hybridized carbons (Fsp3) is 0.208. The molecule has 28 heavy (non-hydrogen) atoms. The van der Waals surface area contributed by atoms with Crippen molar-refractivity contribution in [2.45, 2.75) is 32.6 Å². The van der Waals surface area contributed by atoms with Crippen molar-refractivity contribution in [2.75, 3.05) is 4.90 Å². The van der Waals surface area contributed by atoms with Gasteiger partial charge >= 0.3 is 0 Å². The van der Waals surface area contributed by atoms with Crippen LogP contribution in [0.2, 0.25) is 0 Å². The number of benzene rings is 3. The Kier molecular flexibility index (Phi) is 6.33. The van der Waals surface area contributed by atoms with Crippen LogP contribution in [-0.4, -0.2) is 16.1 Å². The van der Waals surface area contributed by atoms with Gasteiger partial charge in [0.25, 0.3) is 5.91 Å². The average Bonchev–Trinajstić information content (AvgIpc) is 2.71. The SMILES string of the molecule is CCCCCc1ccc(C(=O)N(c2ccc(O)cc2)c2ccc(O)cc2)cc1. The lowest BCUT2D eigenvalue weighted by Gasteiger charge is -2.23. The molecule has 0 aliphatic heterocycles. The Morgan fingerprint density at radius 3 is 1.71 bits per heavy atom. The van der Waals surface area contributed by atoms with Gasteiger partial charge in [0, 0.05) is 16.9 Å². The van der Waals surface area contributed by atoms with Crippen molar-refractivity contribution in [3.05, 3.63) is 83.9 Å². The van der Waals surface area contributed by atoms with Crippen LogP contribution in [0.25, 0.3) is 0 Å². The highest BCUT2D eigenvalue weighted by Crippen LogP contribution is 2.30. The highest BCUT2D eigenvalue weighted by Gasteiger charge is 2.20. The van der Waals surface area contributed by atoms with Crippen LogP contribution < -0.4 is 4.90 Å². The predicted octanol–water partition coefficient (Wildman–Crippen LogP) is 5.81. The zero-order valence-corrected chi connectivity index (χ0v) is 16.0. The molecule has 144 valence electrons. The fourth-order valence-electron chi connectivity index (χ4n) is 3.11. The van der Waals surface area contributed by atoms with Crippen molar-refractivity contribution < 1.29 is 15.0 Å². The topological polar surface area (TPSA) is 60.8 Å². The molecule has 0 radical (unpaired) electrons. The quantitative estimate of drug-likeness (QED) is 0.512. The van der Waals surface area contributed by atoms with Crippen LogP contribution in [0.4, 0.5) is 11.4 Å². The molecule has 4 nitrogen and oxygen atoms in total. The molecule has 0 aliphatic carbocycles. The molecule has 4 heteroatoms. The predicted molar refractivity (Wildman–Crippen MR) is 112 cm³/mol. The van der Waals surface area contributed by atoms with E-state index in [1.807, 2.05) is 24.3 Å². The number of amides is 1. The lowest BCUT2D eigenvalue weighted by Crippen LogP contribution is -2.25. The number of aryl methyl sites for hydroxylation is 1. The van der Waals surface area contributed by atoms with Crippen LogP contribution in [-0.2, 0) is 6.42 Å². The third-order valence-electron chi connectivity index (χ3n) is 4.69. The summed E-state index contributed by atoms with van der Waals surface area (Å²) >= 11 is 0. The third kappa shape index (κ3) is 4.71. The second kappa shape index (κ2) is 9.09. The lowest BCUT2D eigenvalue weighted by molar-refractivity contribution is 0.0999. The summed E-state index contributed by atoms with van der Waals surface area (Å²) in [6.45, 7) is 2.18. The summed E-state index contributed by atoms with van der Waals surface area (Å²) in [6.07, 6.45) is 4.56. The second-order valence-corrected chi connectivity index (χ2v) is 6.83. The largest absolute Gasteiger partial charge is 0.508 e. The van der Waals surface area contributed by atoms with Gasteiger partial charge in [-0.15, -0.1) is 0 Å². The zero-order valence-electron chi connectivity index (χ0n) is 16.0. The lowest BCUT2D eigenvalue weighted by atomic mass is 10.0. The first kappa shape index (κ1) is 19.5. The van der Waals surface area contributed by atoms with E-state index in [-0.39, 0.29) is 17.4 Å². The van der Waals surface area contributed by atoms with Crippen molar-refractivity contribution in [3.63, 3.8) is 0 Å². The molecule has 0 heterocycles. The van der Waals surface area contributed by atoms with E-state index in [2.05, 4.69) is 6.92 Å². The molecule has 2 N–H and O–H groups in total. The van der Waals surface area contributed by atoms with Gasteiger partial charge < -0.3 is 10.2 Å². The highest BCUT2D eigenvalue weighted by molar-refractivity contribution is 6.10. The Hall–Kier alpha value is -3.27. The minimum Gasteiger partial charge on any atom is -0.508 e. The zero-order chi connectivity index (χ0) is 19.9. The van der Waals surface area contributed by atoms with Crippen molar-refractivity contribution in [3.8, 4) is 11.5 Å². The maximum absolute atomic E-state index is 13.3. The second-order valence-electron chi connectivity index (χ2n) is 6.83. The van der Waals surface area contributed by atoms with Gasteiger partial charge in [0.05, 0.1) is 0 Å². The number of hydrogen-bond donors (Lipinski definition) is 2. The molecule has 0 spiro atoms. The summed E-state index contributed by atoms with van der Waals surface area (Å²) in [7, 11) is 0. The van der Waals surface area contributed by atoms with Gasteiger partial charge in [0.15, 0.2) is 0 Å². The number of unbranched alkanes of at least 4 members (excludes halogenated alkanes) is 2. The van der Waals surface area contributed by atoms with E-state index in [1.165, 1.54) is 18.4 Å². The Bertz CT molecular complexity index is 855. The maximum Gasteiger partial charge on any atom is 0.262 e. The molecule has 0 saturated heterocycles. The number of rotatable bonds is 7. The molecule has 3 rings (SSSR count). The number of nitrogens with zero attached hydrogens (tertiary/aromatic N) is 1. The van der Waals surface area contributed by atoms with E-state index in [0.29, 0.717) is 16.9 Å². The minimum atomic E-state index is -0.170. The van der Waals surface area contributed by atoms with Gasteiger partial charge in [0.2, 0.25) is 0 Å². The molecule has 0 aliphatic rings. The van der Waals surface area contributed by atoms with Gasteiger partial charge in [-0.1, -0.05) is 31.9 Å². The van der Waals surface area contributed by atoms with E-state index in [1.54, 1.807) is 53.4 Å². The Morgan fingerprint density at radius 2 is 1.25 bits per heavy atom. The first-order chi connectivity index (χ1) is 13.6. The Morgan fingerprint density at radius 1 is 0.750 bits per heavy atom. The molecule has 0 unspecified atom stereocenters. The van der Waals surface area contributed by atoms with Crippen LogP contribution in [0.1, 0.15) is 42.1 Å². The summed E-state index contributed by atoms with van der Waals surface area (Å²) in [5.41, 5.74) is 3.09. The molecular formula is C24H25NO3. The Labute approximate surface area is 165 Å². The van der Waals surface area contributed by atoms with Crippen molar-refractivity contribution in [1.29, 1.82) is 0 Å². The highest BCUT2D eigenvalue weighted by atomic mass is 16.3. The monoisotopic (exact) mass is 375 g/mol. The molecule has 1 amide bonds. The third-order valence-corrected chi connectivity index (χ3v) is 4.69. The normalized spacial score (nSPS) is 10.6. The van der Waals surface area contributed by atoms with E-state index >= 15 is 0 Å². The number of anilines is 2. The molecule has 0 saturated carbocycles. The van der Waals surface area contributed by atoms with Crippen molar-refractivity contribution in [2.24, 2.45) is 0 Å². The smallest absolute Gasteiger partial charge is 0.262 e. The average molecular weight is 375 g/mol. The first-order valence-electron chi connectivity index (χ1n) is 9.60. The van der Waals surface area contributed by atoms with Crippen LogP contribution in [0.15, 0.2) is 72.8 Å². The number of hydrogen-bond acceptors (Lipinski definition) is 3. The summed E-state index contributed by atoms with van der Waals surface area (Å²) < 4.78 is 0. The van der Waals surface area contributed by atoms with Crippen molar-refractivity contribution in [1.82, 2.24) is 0 Å². The molecule has 3 aromatic rings.